The van der Waals surface area contributed by atoms with Gasteiger partial charge < -0.3 is 14.2 Å². The Hall–Kier alpha value is -2.78. The first-order chi connectivity index (χ1) is 19.8. The number of ether oxygens (including phenoxy) is 3. The van der Waals surface area contributed by atoms with Crippen molar-refractivity contribution in [1.29, 1.82) is 0 Å². The molecule has 3 heteroatoms. The van der Waals surface area contributed by atoms with Gasteiger partial charge in [0.05, 0.1) is 19.8 Å². The summed E-state index contributed by atoms with van der Waals surface area (Å²) in [7, 11) is 1.72. The second-order valence-electron chi connectivity index (χ2n) is 10.8. The molecule has 3 aromatic rings. The molecule has 3 nitrogen and oxygen atoms in total. The molecule has 218 valence electrons. The van der Waals surface area contributed by atoms with Crippen LogP contribution in [0.5, 0.6) is 11.5 Å². The number of methoxy groups -OCH3 is 1. The maximum absolute atomic E-state index is 6.18. The number of hydrogen-bond acceptors (Lipinski definition) is 3. The Morgan fingerprint density at radius 3 is 1.57 bits per heavy atom. The summed E-state index contributed by atoms with van der Waals surface area (Å²) in [6.07, 6.45) is 18.7. The van der Waals surface area contributed by atoms with Gasteiger partial charge in [-0.05, 0) is 37.5 Å². The smallest absolute Gasteiger partial charge is 0.127 e. The maximum atomic E-state index is 6.18. The summed E-state index contributed by atoms with van der Waals surface area (Å²) in [6.45, 7) is 3.65. The number of rotatable bonds is 22. The van der Waals surface area contributed by atoms with Crippen molar-refractivity contribution in [2.24, 2.45) is 0 Å². The van der Waals surface area contributed by atoms with E-state index in [9.17, 15) is 0 Å². The van der Waals surface area contributed by atoms with Crippen molar-refractivity contribution in [3.05, 3.63) is 84.4 Å². The van der Waals surface area contributed by atoms with Crippen molar-refractivity contribution in [2.75, 3.05) is 20.3 Å². The van der Waals surface area contributed by atoms with Gasteiger partial charge in [0.15, 0.2) is 0 Å². The number of hydrogen-bond donors (Lipinski definition) is 0. The molecule has 0 aliphatic heterocycles. The predicted octanol–water partition coefficient (Wildman–Crippen LogP) is 11.0. The maximum Gasteiger partial charge on any atom is 0.127 e. The van der Waals surface area contributed by atoms with Crippen molar-refractivity contribution in [1.82, 2.24) is 0 Å². The van der Waals surface area contributed by atoms with E-state index in [0.29, 0.717) is 0 Å². The van der Waals surface area contributed by atoms with E-state index in [2.05, 4.69) is 61.5 Å². The molecule has 0 heterocycles. The molecule has 0 bridgehead atoms. The van der Waals surface area contributed by atoms with Gasteiger partial charge >= 0.3 is 0 Å². The Kier molecular flexibility index (Phi) is 16.0. The van der Waals surface area contributed by atoms with E-state index in [4.69, 9.17) is 14.2 Å². The quantitative estimate of drug-likeness (QED) is 0.118. The zero-order valence-electron chi connectivity index (χ0n) is 25.1. The summed E-state index contributed by atoms with van der Waals surface area (Å²) < 4.78 is 17.7. The lowest BCUT2D eigenvalue weighted by Gasteiger charge is -2.17. The minimum absolute atomic E-state index is 0.264. The van der Waals surface area contributed by atoms with Crippen molar-refractivity contribution >= 4 is 0 Å². The lowest BCUT2D eigenvalue weighted by Crippen LogP contribution is -2.04. The molecule has 0 saturated heterocycles. The zero-order chi connectivity index (χ0) is 28.1. The second-order valence-corrected chi connectivity index (χ2v) is 10.8. The SMILES string of the molecule is CCOC(CCCCCCCCCCCCCCCOc1ccccc1-c1ccccc1OC)c1ccccc1. The van der Waals surface area contributed by atoms with Crippen LogP contribution in [0.1, 0.15) is 108 Å². The highest BCUT2D eigenvalue weighted by atomic mass is 16.5. The third-order valence-corrected chi connectivity index (χ3v) is 7.69. The molecule has 3 rings (SSSR count). The van der Waals surface area contributed by atoms with Gasteiger partial charge in [-0.15, -0.1) is 0 Å². The molecule has 0 aliphatic rings. The summed E-state index contributed by atoms with van der Waals surface area (Å²) in [4.78, 5) is 0. The monoisotopic (exact) mass is 544 g/mol. The van der Waals surface area contributed by atoms with Crippen LogP contribution in [0.15, 0.2) is 78.9 Å². The molecular weight excluding hydrogens is 492 g/mol. The minimum atomic E-state index is 0.264. The van der Waals surface area contributed by atoms with E-state index in [1.54, 1.807) is 7.11 Å². The lowest BCUT2D eigenvalue weighted by atomic mass is 10.0. The molecule has 0 aromatic heterocycles. The van der Waals surface area contributed by atoms with Crippen LogP contribution in [0.2, 0.25) is 0 Å². The van der Waals surface area contributed by atoms with Gasteiger partial charge in [-0.3, -0.25) is 0 Å². The van der Waals surface area contributed by atoms with E-state index in [1.807, 2.05) is 24.3 Å². The Morgan fingerprint density at radius 1 is 0.525 bits per heavy atom. The Bertz CT molecular complexity index is 1030. The predicted molar refractivity (Wildman–Crippen MR) is 169 cm³/mol. The van der Waals surface area contributed by atoms with Gasteiger partial charge in [0.25, 0.3) is 0 Å². The second kappa shape index (κ2) is 20.2. The largest absolute Gasteiger partial charge is 0.496 e. The number of unbranched alkanes of at least 4 members (excludes halogenated alkanes) is 12. The first-order valence-electron chi connectivity index (χ1n) is 15.8. The summed E-state index contributed by atoms with van der Waals surface area (Å²) >= 11 is 0. The molecule has 0 N–H and O–H groups in total. The Balaban J connectivity index is 1.14. The Labute approximate surface area is 244 Å². The van der Waals surface area contributed by atoms with Crippen LogP contribution in [-0.4, -0.2) is 20.3 Å². The van der Waals surface area contributed by atoms with Crippen molar-refractivity contribution < 1.29 is 14.2 Å². The molecule has 0 saturated carbocycles. The van der Waals surface area contributed by atoms with Crippen LogP contribution in [0, 0.1) is 0 Å². The molecule has 0 fully saturated rings. The summed E-state index contributed by atoms with van der Waals surface area (Å²) in [5.41, 5.74) is 3.50. The van der Waals surface area contributed by atoms with E-state index >= 15 is 0 Å². The fourth-order valence-corrected chi connectivity index (χ4v) is 5.46. The zero-order valence-corrected chi connectivity index (χ0v) is 25.1. The summed E-state index contributed by atoms with van der Waals surface area (Å²) in [6, 6.07) is 27.1. The average Bonchev–Trinajstić information content (AvgIpc) is 3.01. The standard InChI is InChI=1S/C37H52O3/c1-3-39-35(32-24-16-15-17-25-32)28-18-13-11-9-7-5-4-6-8-10-12-14-23-31-40-37-30-22-20-27-34(37)33-26-19-21-29-36(33)38-2/h15-17,19-22,24-27,29-30,35H,3-14,18,23,28,31H2,1-2H3. The molecule has 1 atom stereocenters. The van der Waals surface area contributed by atoms with E-state index in [0.717, 1.165) is 48.7 Å². The van der Waals surface area contributed by atoms with Gasteiger partial charge in [-0.25, -0.2) is 0 Å². The molecule has 3 aromatic carbocycles. The van der Waals surface area contributed by atoms with Gasteiger partial charge in [0.1, 0.15) is 11.5 Å². The summed E-state index contributed by atoms with van der Waals surface area (Å²) in [5, 5.41) is 0. The molecular formula is C37H52O3. The van der Waals surface area contributed by atoms with Crippen LogP contribution in [-0.2, 0) is 4.74 Å². The van der Waals surface area contributed by atoms with Crippen LogP contribution in [0.4, 0.5) is 0 Å². The molecule has 1 unspecified atom stereocenters. The van der Waals surface area contributed by atoms with Crippen LogP contribution >= 0.6 is 0 Å². The number of benzene rings is 3. The molecule has 0 amide bonds. The molecule has 0 radical (unpaired) electrons. The summed E-state index contributed by atoms with van der Waals surface area (Å²) in [5.74, 6) is 1.82. The molecule has 0 spiro atoms. The van der Waals surface area contributed by atoms with Crippen molar-refractivity contribution in [3.8, 4) is 22.6 Å². The van der Waals surface area contributed by atoms with E-state index in [-0.39, 0.29) is 6.10 Å². The molecule has 0 aliphatic carbocycles. The average molecular weight is 545 g/mol. The topological polar surface area (TPSA) is 27.7 Å². The van der Waals surface area contributed by atoms with Crippen LogP contribution in [0.3, 0.4) is 0 Å². The molecule has 40 heavy (non-hydrogen) atoms. The first kappa shape index (κ1) is 31.7. The highest BCUT2D eigenvalue weighted by molar-refractivity contribution is 5.75. The van der Waals surface area contributed by atoms with Gasteiger partial charge in [0.2, 0.25) is 0 Å². The highest BCUT2D eigenvalue weighted by Crippen LogP contribution is 2.36. The lowest BCUT2D eigenvalue weighted by molar-refractivity contribution is 0.0542. The van der Waals surface area contributed by atoms with E-state index < -0.39 is 0 Å². The van der Waals surface area contributed by atoms with Crippen molar-refractivity contribution in [2.45, 2.75) is 103 Å². The van der Waals surface area contributed by atoms with Gasteiger partial charge in [-0.2, -0.15) is 0 Å². The minimum Gasteiger partial charge on any atom is -0.496 e. The normalized spacial score (nSPS) is 11.8. The van der Waals surface area contributed by atoms with Crippen LogP contribution in [0.25, 0.3) is 11.1 Å². The third kappa shape index (κ3) is 11.8. The van der Waals surface area contributed by atoms with Crippen molar-refractivity contribution in [3.63, 3.8) is 0 Å². The Morgan fingerprint density at radius 2 is 1.00 bits per heavy atom. The first-order valence-corrected chi connectivity index (χ1v) is 15.8. The van der Waals surface area contributed by atoms with Crippen LogP contribution < -0.4 is 9.47 Å². The number of para-hydroxylation sites is 2. The highest BCUT2D eigenvalue weighted by Gasteiger charge is 2.11. The van der Waals surface area contributed by atoms with E-state index in [1.165, 1.54) is 82.6 Å². The third-order valence-electron chi connectivity index (χ3n) is 7.69. The van der Waals surface area contributed by atoms with Gasteiger partial charge in [0, 0.05) is 17.7 Å². The fourth-order valence-electron chi connectivity index (χ4n) is 5.46. The van der Waals surface area contributed by atoms with Gasteiger partial charge in [-0.1, -0.05) is 144 Å². The fraction of sp³-hybridized carbons (Fsp3) is 0.514.